The first-order valence-electron chi connectivity index (χ1n) is 6.32. The zero-order valence-electron chi connectivity index (χ0n) is 11.3. The van der Waals surface area contributed by atoms with E-state index in [1.165, 1.54) is 24.5 Å². The number of carbonyl (C=O) groups is 2. The van der Waals surface area contributed by atoms with E-state index in [0.717, 1.165) is 0 Å². The molecule has 0 radical (unpaired) electrons. The van der Waals surface area contributed by atoms with Crippen LogP contribution in [0.5, 0.6) is 0 Å². The van der Waals surface area contributed by atoms with E-state index in [4.69, 9.17) is 14.5 Å². The van der Waals surface area contributed by atoms with Crippen molar-refractivity contribution in [2.45, 2.75) is 13.0 Å². The lowest BCUT2D eigenvalue weighted by molar-refractivity contribution is 0.0935. The molecule has 21 heavy (non-hydrogen) atoms. The van der Waals surface area contributed by atoms with Crippen LogP contribution in [0, 0.1) is 0 Å². The SMILES string of the molecule is C[C@@H](NC(=O)c1ccc(B(O)O)c(C=O)c1)c1ccco1. The molecule has 1 atom stereocenters. The number of benzene rings is 1. The lowest BCUT2D eigenvalue weighted by atomic mass is 9.77. The second-order valence-electron chi connectivity index (χ2n) is 4.55. The number of aldehydes is 1. The second-order valence-corrected chi connectivity index (χ2v) is 4.55. The van der Waals surface area contributed by atoms with Gasteiger partial charge in [-0.15, -0.1) is 0 Å². The molecule has 0 bridgehead atoms. The van der Waals surface area contributed by atoms with Crippen LogP contribution in [0.3, 0.4) is 0 Å². The van der Waals surface area contributed by atoms with E-state index in [9.17, 15) is 9.59 Å². The third-order valence-electron chi connectivity index (χ3n) is 3.07. The number of furan rings is 1. The summed E-state index contributed by atoms with van der Waals surface area (Å²) in [6, 6.07) is 7.21. The van der Waals surface area contributed by atoms with Crippen molar-refractivity contribution in [3.63, 3.8) is 0 Å². The maximum absolute atomic E-state index is 12.1. The van der Waals surface area contributed by atoms with Crippen LogP contribution in [0.1, 0.15) is 39.4 Å². The van der Waals surface area contributed by atoms with Gasteiger partial charge in [0.2, 0.25) is 0 Å². The topological polar surface area (TPSA) is 99.8 Å². The highest BCUT2D eigenvalue weighted by atomic mass is 16.4. The van der Waals surface area contributed by atoms with Crippen molar-refractivity contribution in [3.05, 3.63) is 53.5 Å². The van der Waals surface area contributed by atoms with Crippen LogP contribution in [-0.2, 0) is 0 Å². The van der Waals surface area contributed by atoms with Gasteiger partial charge in [0, 0.05) is 11.1 Å². The third kappa shape index (κ3) is 3.39. The molecule has 108 valence electrons. The summed E-state index contributed by atoms with van der Waals surface area (Å²) >= 11 is 0. The highest BCUT2D eigenvalue weighted by Crippen LogP contribution is 2.13. The van der Waals surface area contributed by atoms with Gasteiger partial charge in [0.15, 0.2) is 0 Å². The van der Waals surface area contributed by atoms with E-state index in [-0.39, 0.29) is 28.5 Å². The van der Waals surface area contributed by atoms with Gasteiger partial charge in [-0.3, -0.25) is 9.59 Å². The smallest absolute Gasteiger partial charge is 0.467 e. The minimum absolute atomic E-state index is 0.0561. The Labute approximate surface area is 121 Å². The minimum atomic E-state index is -1.76. The summed E-state index contributed by atoms with van der Waals surface area (Å²) < 4.78 is 5.19. The van der Waals surface area contributed by atoms with Gasteiger partial charge in [0.05, 0.1) is 12.3 Å². The summed E-state index contributed by atoms with van der Waals surface area (Å²) in [7, 11) is -1.76. The molecular formula is C14H14BNO5. The van der Waals surface area contributed by atoms with Crippen LogP contribution in [0.2, 0.25) is 0 Å². The number of nitrogens with one attached hydrogen (secondary N) is 1. The Morgan fingerprint density at radius 2 is 2.14 bits per heavy atom. The normalized spacial score (nSPS) is 11.8. The van der Waals surface area contributed by atoms with Crippen molar-refractivity contribution >= 4 is 24.8 Å². The monoisotopic (exact) mass is 287 g/mol. The predicted molar refractivity (Wildman–Crippen MR) is 76.2 cm³/mol. The maximum atomic E-state index is 12.1. The lowest BCUT2D eigenvalue weighted by Gasteiger charge is -2.12. The summed E-state index contributed by atoms with van der Waals surface area (Å²) in [5.74, 6) is 0.224. The Hall–Kier alpha value is -2.38. The molecule has 2 aromatic rings. The molecule has 0 aliphatic carbocycles. The Bertz CT molecular complexity index is 639. The Kier molecular flexibility index (Phi) is 4.57. The average Bonchev–Trinajstić information content (AvgIpc) is 3.00. The van der Waals surface area contributed by atoms with E-state index < -0.39 is 7.12 Å². The largest absolute Gasteiger partial charge is 0.489 e. The van der Waals surface area contributed by atoms with E-state index in [2.05, 4.69) is 5.32 Å². The minimum Gasteiger partial charge on any atom is -0.467 e. The van der Waals surface area contributed by atoms with Gasteiger partial charge in [0.1, 0.15) is 12.0 Å². The van der Waals surface area contributed by atoms with Crippen molar-refractivity contribution in [2.24, 2.45) is 0 Å². The molecule has 7 heteroatoms. The van der Waals surface area contributed by atoms with Crippen LogP contribution in [-0.4, -0.2) is 29.4 Å². The molecule has 0 aliphatic rings. The zero-order valence-corrected chi connectivity index (χ0v) is 11.3. The number of amides is 1. The third-order valence-corrected chi connectivity index (χ3v) is 3.07. The summed E-state index contributed by atoms with van der Waals surface area (Å²) in [6.45, 7) is 1.77. The van der Waals surface area contributed by atoms with Crippen LogP contribution in [0.15, 0.2) is 41.0 Å². The number of hydrogen-bond acceptors (Lipinski definition) is 5. The Morgan fingerprint density at radius 1 is 1.38 bits per heavy atom. The van der Waals surface area contributed by atoms with Crippen LogP contribution < -0.4 is 10.8 Å². The van der Waals surface area contributed by atoms with Gasteiger partial charge in [-0.1, -0.05) is 6.07 Å². The van der Waals surface area contributed by atoms with Gasteiger partial charge < -0.3 is 19.8 Å². The molecule has 3 N–H and O–H groups in total. The first-order valence-corrected chi connectivity index (χ1v) is 6.32. The fraction of sp³-hybridized carbons (Fsp3) is 0.143. The molecule has 0 saturated heterocycles. The van der Waals surface area contributed by atoms with Crippen molar-refractivity contribution in [3.8, 4) is 0 Å². The first kappa shape index (κ1) is 15.0. The molecule has 6 nitrogen and oxygen atoms in total. The van der Waals surface area contributed by atoms with Crippen molar-refractivity contribution < 1.29 is 24.1 Å². The van der Waals surface area contributed by atoms with Crippen molar-refractivity contribution in [1.29, 1.82) is 0 Å². The first-order chi connectivity index (χ1) is 10.0. The van der Waals surface area contributed by atoms with E-state index >= 15 is 0 Å². The Balaban J connectivity index is 2.18. The zero-order chi connectivity index (χ0) is 15.4. The van der Waals surface area contributed by atoms with E-state index in [1.54, 1.807) is 19.1 Å². The Morgan fingerprint density at radius 3 is 2.71 bits per heavy atom. The summed E-state index contributed by atoms with van der Waals surface area (Å²) in [6.07, 6.45) is 1.99. The quantitative estimate of drug-likeness (QED) is 0.541. The van der Waals surface area contributed by atoms with Gasteiger partial charge in [-0.05, 0) is 36.7 Å². The van der Waals surface area contributed by atoms with Crippen LogP contribution in [0.4, 0.5) is 0 Å². The van der Waals surface area contributed by atoms with E-state index in [1.807, 2.05) is 0 Å². The molecule has 1 heterocycles. The highest BCUT2D eigenvalue weighted by molar-refractivity contribution is 6.60. The van der Waals surface area contributed by atoms with Crippen molar-refractivity contribution in [2.75, 3.05) is 0 Å². The molecule has 0 fully saturated rings. The molecular weight excluding hydrogens is 273 g/mol. The number of carbonyl (C=O) groups excluding carboxylic acids is 2. The fourth-order valence-corrected chi connectivity index (χ4v) is 1.94. The standard InChI is InChI=1S/C14H14BNO5/c1-9(13-3-2-6-21-13)16-14(18)10-4-5-12(15(19)20)11(7-10)8-17/h2-9,19-20H,1H3,(H,16,18)/t9-/m1/s1. The summed E-state index contributed by atoms with van der Waals surface area (Å²) in [5, 5.41) is 21.0. The van der Waals surface area contributed by atoms with Gasteiger partial charge in [0.25, 0.3) is 5.91 Å². The van der Waals surface area contributed by atoms with Crippen LogP contribution >= 0.6 is 0 Å². The molecule has 0 unspecified atom stereocenters. The predicted octanol–water partition coefficient (Wildman–Crippen LogP) is 0.263. The molecule has 0 saturated carbocycles. The van der Waals surface area contributed by atoms with Gasteiger partial charge in [-0.2, -0.15) is 0 Å². The molecule has 1 amide bonds. The maximum Gasteiger partial charge on any atom is 0.489 e. The average molecular weight is 287 g/mol. The molecule has 1 aromatic carbocycles. The van der Waals surface area contributed by atoms with Gasteiger partial charge >= 0.3 is 7.12 Å². The highest BCUT2D eigenvalue weighted by Gasteiger charge is 2.19. The fourth-order valence-electron chi connectivity index (χ4n) is 1.94. The second kappa shape index (κ2) is 6.38. The summed E-state index contributed by atoms with van der Waals surface area (Å²) in [5.41, 5.74) is 0.365. The molecule has 1 aromatic heterocycles. The molecule has 0 spiro atoms. The van der Waals surface area contributed by atoms with Gasteiger partial charge in [-0.25, -0.2) is 0 Å². The lowest BCUT2D eigenvalue weighted by Crippen LogP contribution is -2.34. The number of rotatable bonds is 5. The van der Waals surface area contributed by atoms with E-state index in [0.29, 0.717) is 12.0 Å². The molecule has 2 rings (SSSR count). The number of hydrogen-bond donors (Lipinski definition) is 3. The van der Waals surface area contributed by atoms with Crippen molar-refractivity contribution in [1.82, 2.24) is 5.32 Å². The summed E-state index contributed by atoms with van der Waals surface area (Å²) in [4.78, 5) is 23.1. The van der Waals surface area contributed by atoms with Crippen LogP contribution in [0.25, 0.3) is 0 Å². The molecule has 0 aliphatic heterocycles.